The molecule has 0 saturated heterocycles. The molecule has 0 aliphatic rings. The fourth-order valence-electron chi connectivity index (χ4n) is 3.88. The van der Waals surface area contributed by atoms with Gasteiger partial charge in [-0.15, -0.1) is 0 Å². The molecule has 196 valence electrons. The van der Waals surface area contributed by atoms with Crippen LogP contribution in [0.3, 0.4) is 0 Å². The molecule has 0 spiro atoms. The predicted molar refractivity (Wildman–Crippen MR) is 155 cm³/mol. The van der Waals surface area contributed by atoms with Crippen molar-refractivity contribution in [2.75, 3.05) is 7.11 Å². The number of nitro groups is 1. The monoisotopic (exact) mass is 546 g/mol. The second-order valence-corrected chi connectivity index (χ2v) is 9.55. The van der Waals surface area contributed by atoms with Gasteiger partial charge in [0, 0.05) is 23.4 Å². The number of hydrogen-bond donors (Lipinski definition) is 0. The number of aromatic nitrogens is 2. The number of esters is 1. The Morgan fingerprint density at radius 1 is 0.850 bits per heavy atom. The first-order valence-electron chi connectivity index (χ1n) is 12.2. The van der Waals surface area contributed by atoms with E-state index in [-0.39, 0.29) is 5.69 Å². The van der Waals surface area contributed by atoms with Crippen LogP contribution in [0.4, 0.5) is 11.4 Å². The molecule has 0 amide bonds. The molecular weight excluding hydrogens is 524 g/mol. The Morgan fingerprint density at radius 3 is 2.00 bits per heavy atom. The van der Waals surface area contributed by atoms with Crippen LogP contribution in [0.25, 0.3) is 22.5 Å². The van der Waals surface area contributed by atoms with Crippen LogP contribution in [0.5, 0.6) is 0 Å². The van der Waals surface area contributed by atoms with E-state index >= 15 is 0 Å². The topological polar surface area (TPSA) is 108 Å². The van der Waals surface area contributed by atoms with E-state index in [9.17, 15) is 14.9 Å². The zero-order valence-corrected chi connectivity index (χ0v) is 22.1. The molecule has 0 fully saturated rings. The fraction of sp³-hybridized carbons (Fsp3) is 0.0323. The van der Waals surface area contributed by atoms with Crippen LogP contribution in [0, 0.1) is 10.1 Å². The number of hydrogen-bond acceptors (Lipinski definition) is 8. The fourth-order valence-corrected chi connectivity index (χ4v) is 4.74. The van der Waals surface area contributed by atoms with E-state index in [1.165, 1.54) is 19.4 Å². The van der Waals surface area contributed by atoms with Crippen LogP contribution >= 0.6 is 11.8 Å². The molecule has 0 N–H and O–H groups in total. The number of carbonyl (C=O) groups is 1. The van der Waals surface area contributed by atoms with Gasteiger partial charge in [-0.25, -0.2) is 14.8 Å². The molecule has 4 aromatic carbocycles. The van der Waals surface area contributed by atoms with E-state index in [1.54, 1.807) is 36.4 Å². The summed E-state index contributed by atoms with van der Waals surface area (Å²) in [5.41, 5.74) is 4.76. The first-order valence-corrected chi connectivity index (χ1v) is 13.0. The third-order valence-electron chi connectivity index (χ3n) is 5.88. The van der Waals surface area contributed by atoms with Gasteiger partial charge in [0.25, 0.3) is 5.69 Å². The molecule has 0 radical (unpaired) electrons. The molecule has 40 heavy (non-hydrogen) atoms. The lowest BCUT2D eigenvalue weighted by molar-refractivity contribution is -0.387. The summed E-state index contributed by atoms with van der Waals surface area (Å²) in [7, 11) is 1.32. The number of nitrogens with zero attached hydrogens (tertiary/aromatic N) is 4. The summed E-state index contributed by atoms with van der Waals surface area (Å²) in [6.45, 7) is 0. The number of ether oxygens (including phenoxy) is 1. The van der Waals surface area contributed by atoms with Crippen molar-refractivity contribution >= 4 is 35.3 Å². The van der Waals surface area contributed by atoms with Gasteiger partial charge in [0.15, 0.2) is 5.16 Å². The molecule has 0 bridgehead atoms. The van der Waals surface area contributed by atoms with Crippen molar-refractivity contribution < 1.29 is 14.5 Å². The third kappa shape index (κ3) is 6.28. The Kier molecular flexibility index (Phi) is 8.03. The van der Waals surface area contributed by atoms with E-state index in [2.05, 4.69) is 4.99 Å². The Bertz CT molecular complexity index is 1630. The Labute approximate surface area is 234 Å². The van der Waals surface area contributed by atoms with E-state index in [1.807, 2.05) is 66.7 Å². The van der Waals surface area contributed by atoms with E-state index < -0.39 is 10.9 Å². The highest BCUT2D eigenvalue weighted by molar-refractivity contribution is 7.99. The first kappa shape index (κ1) is 26.5. The maximum atomic E-state index is 12.0. The predicted octanol–water partition coefficient (Wildman–Crippen LogP) is 7.41. The average molecular weight is 547 g/mol. The first-order chi connectivity index (χ1) is 19.5. The Hall–Kier alpha value is -5.15. The van der Waals surface area contributed by atoms with E-state index in [0.29, 0.717) is 26.9 Å². The van der Waals surface area contributed by atoms with Crippen molar-refractivity contribution in [2.45, 2.75) is 10.1 Å². The van der Waals surface area contributed by atoms with Crippen LogP contribution in [0.1, 0.15) is 15.9 Å². The smallest absolute Gasteiger partial charge is 0.337 e. The van der Waals surface area contributed by atoms with Crippen molar-refractivity contribution in [1.82, 2.24) is 9.97 Å². The van der Waals surface area contributed by atoms with Crippen molar-refractivity contribution in [3.05, 3.63) is 130 Å². The van der Waals surface area contributed by atoms with Crippen LogP contribution < -0.4 is 0 Å². The van der Waals surface area contributed by atoms with Gasteiger partial charge in [0.2, 0.25) is 0 Å². The molecule has 8 nitrogen and oxygen atoms in total. The molecule has 0 atom stereocenters. The minimum atomic E-state index is -0.437. The van der Waals surface area contributed by atoms with Gasteiger partial charge in [-0.05, 0) is 53.7 Å². The zero-order valence-electron chi connectivity index (χ0n) is 21.3. The molecule has 5 aromatic rings. The SMILES string of the molecule is COC(=O)c1ccc(N=Cc2ccc(Sc3nc(-c4ccccc4)cc(-c4ccccc4)n3)c([N+](=O)[O-])c2)cc1. The average Bonchev–Trinajstić information content (AvgIpc) is 3.01. The number of benzene rings is 4. The summed E-state index contributed by atoms with van der Waals surface area (Å²) < 4.78 is 4.70. The van der Waals surface area contributed by atoms with E-state index in [4.69, 9.17) is 14.7 Å². The lowest BCUT2D eigenvalue weighted by Crippen LogP contribution is -1.99. The molecular formula is C31H22N4O4S. The summed E-state index contributed by atoms with van der Waals surface area (Å²) in [6, 6.07) is 32.8. The van der Waals surface area contributed by atoms with Gasteiger partial charge < -0.3 is 4.74 Å². The minimum Gasteiger partial charge on any atom is -0.465 e. The number of methoxy groups -OCH3 is 1. The molecule has 1 aromatic heterocycles. The largest absolute Gasteiger partial charge is 0.465 e. The van der Waals surface area contributed by atoms with Crippen molar-refractivity contribution in [1.29, 1.82) is 0 Å². The van der Waals surface area contributed by atoms with Gasteiger partial charge in [-0.2, -0.15) is 0 Å². The second kappa shape index (κ2) is 12.1. The van der Waals surface area contributed by atoms with Crippen LogP contribution in [0.2, 0.25) is 0 Å². The van der Waals surface area contributed by atoms with Crippen LogP contribution in [-0.4, -0.2) is 34.2 Å². The van der Waals surface area contributed by atoms with Crippen molar-refractivity contribution in [2.24, 2.45) is 4.99 Å². The minimum absolute atomic E-state index is 0.0787. The molecule has 1 heterocycles. The van der Waals surface area contributed by atoms with Gasteiger partial charge in [0.1, 0.15) is 0 Å². The summed E-state index contributed by atoms with van der Waals surface area (Å²) in [6.07, 6.45) is 1.54. The summed E-state index contributed by atoms with van der Waals surface area (Å²) in [4.78, 5) is 37.4. The van der Waals surface area contributed by atoms with Crippen molar-refractivity contribution in [3.8, 4) is 22.5 Å². The second-order valence-electron chi connectivity index (χ2n) is 8.54. The lowest BCUT2D eigenvalue weighted by Gasteiger charge is -2.09. The van der Waals surface area contributed by atoms with Gasteiger partial charge in [-0.3, -0.25) is 15.1 Å². The highest BCUT2D eigenvalue weighted by Crippen LogP contribution is 2.36. The number of nitro benzene ring substituents is 1. The number of carbonyl (C=O) groups excluding carboxylic acids is 1. The van der Waals surface area contributed by atoms with Gasteiger partial charge in [0.05, 0.1) is 39.6 Å². The molecule has 9 heteroatoms. The van der Waals surface area contributed by atoms with Crippen molar-refractivity contribution in [3.63, 3.8) is 0 Å². The molecule has 0 unspecified atom stereocenters. The zero-order chi connectivity index (χ0) is 27.9. The molecule has 0 aliphatic carbocycles. The van der Waals surface area contributed by atoms with Gasteiger partial charge >= 0.3 is 5.97 Å². The van der Waals surface area contributed by atoms with Crippen LogP contribution in [-0.2, 0) is 4.74 Å². The summed E-state index contributed by atoms with van der Waals surface area (Å²) in [5, 5.41) is 12.4. The Balaban J connectivity index is 1.45. The maximum Gasteiger partial charge on any atom is 0.337 e. The number of aliphatic imine (C=N–C) groups is 1. The van der Waals surface area contributed by atoms with E-state index in [0.717, 1.165) is 34.3 Å². The molecule has 0 aliphatic heterocycles. The number of rotatable bonds is 8. The third-order valence-corrected chi connectivity index (χ3v) is 6.81. The lowest BCUT2D eigenvalue weighted by atomic mass is 10.1. The molecule has 5 rings (SSSR count). The quantitative estimate of drug-likeness (QED) is 0.0656. The molecule has 0 saturated carbocycles. The van der Waals surface area contributed by atoms with Crippen LogP contribution in [0.15, 0.2) is 124 Å². The summed E-state index contributed by atoms with van der Waals surface area (Å²) in [5.74, 6) is -0.437. The Morgan fingerprint density at radius 2 is 1.45 bits per heavy atom. The van der Waals surface area contributed by atoms with Gasteiger partial charge in [-0.1, -0.05) is 66.7 Å². The maximum absolute atomic E-state index is 12.0. The summed E-state index contributed by atoms with van der Waals surface area (Å²) >= 11 is 1.14. The standard InChI is InChI=1S/C31H22N4O4S/c1-39-30(36)24-13-15-25(16-14-24)32-20-21-12-17-29(28(18-21)35(37)38)40-31-33-26(22-8-4-2-5-9-22)19-27(34-31)23-10-6-3-7-11-23/h2-20H,1H3. The normalized spacial score (nSPS) is 10.9. The highest BCUT2D eigenvalue weighted by atomic mass is 32.2. The highest BCUT2D eigenvalue weighted by Gasteiger charge is 2.18.